The maximum atomic E-state index is 10.5. The fourth-order valence-electron chi connectivity index (χ4n) is 2.66. The van der Waals surface area contributed by atoms with Crippen molar-refractivity contribution in [2.45, 2.75) is 26.5 Å². The van der Waals surface area contributed by atoms with E-state index in [1.807, 2.05) is 54.1 Å². The SMILES string of the molecule is Cc1ccc(C)c(OCCn2ccnc2[C@@H](O)c2ccccc2)c1. The van der Waals surface area contributed by atoms with Crippen molar-refractivity contribution < 1.29 is 9.84 Å². The molecule has 0 radical (unpaired) electrons. The van der Waals surface area contributed by atoms with Gasteiger partial charge in [-0.25, -0.2) is 4.98 Å². The van der Waals surface area contributed by atoms with Gasteiger partial charge in [0.05, 0.1) is 6.54 Å². The number of imidazole rings is 1. The molecule has 0 fully saturated rings. The molecule has 3 aromatic rings. The van der Waals surface area contributed by atoms with Crippen LogP contribution in [0, 0.1) is 13.8 Å². The highest BCUT2D eigenvalue weighted by atomic mass is 16.5. The van der Waals surface area contributed by atoms with Crippen LogP contribution in [0.15, 0.2) is 60.9 Å². The van der Waals surface area contributed by atoms with Crippen molar-refractivity contribution in [3.8, 4) is 5.75 Å². The molecule has 4 nitrogen and oxygen atoms in total. The molecule has 0 aliphatic heterocycles. The molecular formula is C20H22N2O2. The minimum Gasteiger partial charge on any atom is -0.491 e. The minimum absolute atomic E-state index is 0.523. The Morgan fingerprint density at radius 2 is 1.92 bits per heavy atom. The first kappa shape index (κ1) is 16.3. The van der Waals surface area contributed by atoms with Gasteiger partial charge in [0, 0.05) is 12.4 Å². The summed E-state index contributed by atoms with van der Waals surface area (Å²) in [6, 6.07) is 15.7. The lowest BCUT2D eigenvalue weighted by Crippen LogP contribution is -2.14. The predicted molar refractivity (Wildman–Crippen MR) is 94.1 cm³/mol. The van der Waals surface area contributed by atoms with Crippen LogP contribution >= 0.6 is 0 Å². The molecule has 2 aromatic carbocycles. The number of benzene rings is 2. The molecule has 0 bridgehead atoms. The standard InChI is InChI=1S/C20H22N2O2/c1-15-8-9-16(2)18(14-15)24-13-12-22-11-10-21-20(22)19(23)17-6-4-3-5-7-17/h3-11,14,19,23H,12-13H2,1-2H3/t19-/m0/s1. The Morgan fingerprint density at radius 1 is 1.12 bits per heavy atom. The van der Waals surface area contributed by atoms with Crippen molar-refractivity contribution in [3.63, 3.8) is 0 Å². The van der Waals surface area contributed by atoms with Crippen LogP contribution in [0.3, 0.4) is 0 Å². The van der Waals surface area contributed by atoms with Crippen molar-refractivity contribution in [3.05, 3.63) is 83.4 Å². The Bertz CT molecular complexity index is 796. The molecule has 0 aliphatic carbocycles. The molecule has 24 heavy (non-hydrogen) atoms. The molecule has 0 amide bonds. The van der Waals surface area contributed by atoms with Gasteiger partial charge in [-0.1, -0.05) is 42.5 Å². The predicted octanol–water partition coefficient (Wildman–Crippen LogP) is 3.66. The van der Waals surface area contributed by atoms with Crippen LogP contribution in [0.1, 0.15) is 28.6 Å². The normalized spacial score (nSPS) is 12.1. The second-order valence-electron chi connectivity index (χ2n) is 5.91. The molecule has 4 heteroatoms. The van der Waals surface area contributed by atoms with Crippen LogP contribution in [0.2, 0.25) is 0 Å². The van der Waals surface area contributed by atoms with E-state index in [9.17, 15) is 5.11 Å². The Balaban J connectivity index is 1.67. The number of aromatic nitrogens is 2. The summed E-state index contributed by atoms with van der Waals surface area (Å²) in [5.74, 6) is 1.53. The van der Waals surface area contributed by atoms with Crippen LogP contribution in [-0.4, -0.2) is 21.3 Å². The topological polar surface area (TPSA) is 47.3 Å². The Kier molecular flexibility index (Phi) is 4.96. The van der Waals surface area contributed by atoms with E-state index in [1.165, 1.54) is 5.56 Å². The average molecular weight is 322 g/mol. The monoisotopic (exact) mass is 322 g/mol. The van der Waals surface area contributed by atoms with Crippen LogP contribution in [0.25, 0.3) is 0 Å². The highest BCUT2D eigenvalue weighted by molar-refractivity contribution is 5.35. The van der Waals surface area contributed by atoms with Crippen LogP contribution in [0.4, 0.5) is 0 Å². The summed E-state index contributed by atoms with van der Waals surface area (Å²) >= 11 is 0. The van der Waals surface area contributed by atoms with Crippen molar-refractivity contribution in [1.82, 2.24) is 9.55 Å². The third-order valence-corrected chi connectivity index (χ3v) is 4.04. The minimum atomic E-state index is -0.734. The summed E-state index contributed by atoms with van der Waals surface area (Å²) in [4.78, 5) is 4.31. The first-order chi connectivity index (χ1) is 11.6. The molecule has 1 aromatic heterocycles. The van der Waals surface area contributed by atoms with Gasteiger partial charge in [-0.15, -0.1) is 0 Å². The number of rotatable bonds is 6. The number of ether oxygens (including phenoxy) is 1. The Hall–Kier alpha value is -2.59. The molecule has 1 N–H and O–H groups in total. The molecule has 1 atom stereocenters. The van der Waals surface area contributed by atoms with Crippen LogP contribution in [0.5, 0.6) is 5.75 Å². The number of aliphatic hydroxyl groups excluding tert-OH is 1. The van der Waals surface area contributed by atoms with Gasteiger partial charge < -0.3 is 14.4 Å². The van der Waals surface area contributed by atoms with Gasteiger partial charge in [0.15, 0.2) is 0 Å². The zero-order valence-electron chi connectivity index (χ0n) is 14.0. The molecule has 0 saturated carbocycles. The first-order valence-electron chi connectivity index (χ1n) is 8.09. The van der Waals surface area contributed by atoms with E-state index in [4.69, 9.17) is 4.74 Å². The van der Waals surface area contributed by atoms with Crippen molar-refractivity contribution >= 4 is 0 Å². The summed E-state index contributed by atoms with van der Waals surface area (Å²) in [6.07, 6.45) is 2.84. The Labute approximate surface area is 142 Å². The van der Waals surface area contributed by atoms with Gasteiger partial charge in [0.2, 0.25) is 0 Å². The van der Waals surface area contributed by atoms with Gasteiger partial charge >= 0.3 is 0 Å². The summed E-state index contributed by atoms with van der Waals surface area (Å²) < 4.78 is 7.83. The third kappa shape index (κ3) is 3.66. The number of aliphatic hydroxyl groups is 1. The van der Waals surface area contributed by atoms with Gasteiger partial charge in [0.1, 0.15) is 24.3 Å². The average Bonchev–Trinajstić information content (AvgIpc) is 3.06. The lowest BCUT2D eigenvalue weighted by molar-refractivity contribution is 0.200. The van der Waals surface area contributed by atoms with E-state index in [0.29, 0.717) is 19.0 Å². The van der Waals surface area contributed by atoms with E-state index in [-0.39, 0.29) is 0 Å². The molecule has 1 heterocycles. The van der Waals surface area contributed by atoms with E-state index in [0.717, 1.165) is 16.9 Å². The fraction of sp³-hybridized carbons (Fsp3) is 0.250. The van der Waals surface area contributed by atoms with Crippen molar-refractivity contribution in [2.24, 2.45) is 0 Å². The quantitative estimate of drug-likeness (QED) is 0.753. The first-order valence-corrected chi connectivity index (χ1v) is 8.09. The van der Waals surface area contributed by atoms with Gasteiger partial charge in [0.25, 0.3) is 0 Å². The molecule has 0 aliphatic rings. The molecular weight excluding hydrogens is 300 g/mol. The fourth-order valence-corrected chi connectivity index (χ4v) is 2.66. The van der Waals surface area contributed by atoms with Crippen LogP contribution in [-0.2, 0) is 6.54 Å². The number of hydrogen-bond acceptors (Lipinski definition) is 3. The summed E-state index contributed by atoms with van der Waals surface area (Å²) in [5.41, 5.74) is 3.13. The number of aryl methyl sites for hydroxylation is 2. The molecule has 3 rings (SSSR count). The number of nitrogens with zero attached hydrogens (tertiary/aromatic N) is 2. The molecule has 0 saturated heterocycles. The second-order valence-corrected chi connectivity index (χ2v) is 5.91. The molecule has 124 valence electrons. The molecule has 0 spiro atoms. The lowest BCUT2D eigenvalue weighted by Gasteiger charge is -2.15. The van der Waals surface area contributed by atoms with Crippen LogP contribution < -0.4 is 4.74 Å². The van der Waals surface area contributed by atoms with Gasteiger partial charge in [-0.3, -0.25) is 0 Å². The van der Waals surface area contributed by atoms with Crippen molar-refractivity contribution in [1.29, 1.82) is 0 Å². The summed E-state index contributed by atoms with van der Waals surface area (Å²) in [7, 11) is 0. The highest BCUT2D eigenvalue weighted by Gasteiger charge is 2.15. The maximum Gasteiger partial charge on any atom is 0.142 e. The zero-order chi connectivity index (χ0) is 16.9. The Morgan fingerprint density at radius 3 is 2.71 bits per heavy atom. The summed E-state index contributed by atoms with van der Waals surface area (Å²) in [6.45, 7) is 5.24. The molecule has 0 unspecified atom stereocenters. The van der Waals surface area contributed by atoms with Crippen molar-refractivity contribution in [2.75, 3.05) is 6.61 Å². The zero-order valence-corrected chi connectivity index (χ0v) is 14.0. The van der Waals surface area contributed by atoms with E-state index < -0.39 is 6.10 Å². The summed E-state index contributed by atoms with van der Waals surface area (Å²) in [5, 5.41) is 10.5. The van der Waals surface area contributed by atoms with Gasteiger partial charge in [-0.05, 0) is 36.6 Å². The van der Waals surface area contributed by atoms with E-state index in [2.05, 4.69) is 24.0 Å². The van der Waals surface area contributed by atoms with Gasteiger partial charge in [-0.2, -0.15) is 0 Å². The maximum absolute atomic E-state index is 10.5. The smallest absolute Gasteiger partial charge is 0.142 e. The largest absolute Gasteiger partial charge is 0.491 e. The second kappa shape index (κ2) is 7.32. The van der Waals surface area contributed by atoms with E-state index >= 15 is 0 Å². The third-order valence-electron chi connectivity index (χ3n) is 4.04. The van der Waals surface area contributed by atoms with E-state index in [1.54, 1.807) is 6.20 Å². The highest BCUT2D eigenvalue weighted by Crippen LogP contribution is 2.21. The lowest BCUT2D eigenvalue weighted by atomic mass is 10.1. The number of hydrogen-bond donors (Lipinski definition) is 1.